The van der Waals surface area contributed by atoms with Gasteiger partial charge in [-0.1, -0.05) is 30.3 Å². The summed E-state index contributed by atoms with van der Waals surface area (Å²) in [5, 5.41) is 0.787. The predicted molar refractivity (Wildman–Crippen MR) is 129 cm³/mol. The van der Waals surface area contributed by atoms with Gasteiger partial charge in [0.25, 0.3) is 0 Å². The molecule has 0 N–H and O–H groups in total. The van der Waals surface area contributed by atoms with Gasteiger partial charge in [-0.3, -0.25) is 0 Å². The molecule has 0 fully saturated rings. The molecule has 0 aliphatic rings. The van der Waals surface area contributed by atoms with Crippen LogP contribution in [0.25, 0.3) is 17.0 Å². The number of hydrogen-bond acceptors (Lipinski definition) is 5. The van der Waals surface area contributed by atoms with E-state index in [1.807, 2.05) is 75.4 Å². The summed E-state index contributed by atoms with van der Waals surface area (Å²) in [5.74, 6) is 0.186. The summed E-state index contributed by atoms with van der Waals surface area (Å²) in [5.41, 5.74) is 0.943. The maximum atomic E-state index is 13.0. The second kappa shape index (κ2) is 9.53. The first-order valence-electron chi connectivity index (χ1n) is 10.9. The molecule has 0 aliphatic heterocycles. The third-order valence-electron chi connectivity index (χ3n) is 4.42. The molecule has 0 bridgehead atoms. The zero-order chi connectivity index (χ0) is 24.2. The molecule has 1 aromatic heterocycles. The molecule has 2 aromatic carbocycles. The summed E-state index contributed by atoms with van der Waals surface area (Å²) in [7, 11) is 0. The molecule has 0 radical (unpaired) electrons. The number of esters is 1. The highest BCUT2D eigenvalue weighted by molar-refractivity contribution is 5.95. The Morgan fingerprint density at radius 3 is 2.18 bits per heavy atom. The third kappa shape index (κ3) is 6.97. The minimum absolute atomic E-state index is 0.435. The Balaban J connectivity index is 1.93. The molecule has 0 saturated heterocycles. The summed E-state index contributed by atoms with van der Waals surface area (Å²) in [6.45, 7) is 11.3. The number of nitrogens with zero attached hydrogens (tertiary/aromatic N) is 1. The topological polar surface area (TPSA) is 66.8 Å². The molecular weight excluding hydrogens is 418 g/mol. The minimum Gasteiger partial charge on any atom is -0.489 e. The highest BCUT2D eigenvalue weighted by Gasteiger charge is 2.22. The van der Waals surface area contributed by atoms with Crippen molar-refractivity contribution in [3.8, 4) is 5.75 Å². The van der Waals surface area contributed by atoms with Gasteiger partial charge in [0.05, 0.1) is 11.2 Å². The van der Waals surface area contributed by atoms with Gasteiger partial charge in [0, 0.05) is 11.5 Å². The second-order valence-electron chi connectivity index (χ2n) is 9.75. The maximum Gasteiger partial charge on any atom is 0.419 e. The largest absolute Gasteiger partial charge is 0.489 e. The fraction of sp³-hybridized carbons (Fsp3) is 0.333. The van der Waals surface area contributed by atoms with Crippen LogP contribution in [0.2, 0.25) is 0 Å². The quantitative estimate of drug-likeness (QED) is 0.335. The van der Waals surface area contributed by atoms with Crippen molar-refractivity contribution in [1.29, 1.82) is 0 Å². The van der Waals surface area contributed by atoms with Crippen molar-refractivity contribution in [2.24, 2.45) is 0 Å². The van der Waals surface area contributed by atoms with Crippen molar-refractivity contribution in [3.63, 3.8) is 0 Å². The van der Waals surface area contributed by atoms with E-state index in [0.29, 0.717) is 23.6 Å². The Morgan fingerprint density at radius 1 is 0.879 bits per heavy atom. The van der Waals surface area contributed by atoms with Crippen molar-refractivity contribution >= 4 is 29.0 Å². The number of rotatable bonds is 5. The zero-order valence-electron chi connectivity index (χ0n) is 20.0. The van der Waals surface area contributed by atoms with E-state index >= 15 is 0 Å². The Kier molecular flexibility index (Phi) is 6.96. The lowest BCUT2D eigenvalue weighted by Crippen LogP contribution is -2.27. The van der Waals surface area contributed by atoms with Crippen molar-refractivity contribution in [2.45, 2.75) is 59.4 Å². The van der Waals surface area contributed by atoms with Crippen LogP contribution in [-0.4, -0.2) is 27.8 Å². The van der Waals surface area contributed by atoms with Crippen LogP contribution >= 0.6 is 0 Å². The molecule has 0 amide bonds. The maximum absolute atomic E-state index is 13.0. The highest BCUT2D eigenvalue weighted by atomic mass is 16.6. The molecule has 0 atom stereocenters. The molecule has 6 heteroatoms. The number of aromatic nitrogens is 1. The summed E-state index contributed by atoms with van der Waals surface area (Å²) in [6, 6.07) is 17.2. The molecule has 174 valence electrons. The molecule has 33 heavy (non-hydrogen) atoms. The Bertz CT molecular complexity index is 1160. The normalized spacial score (nSPS) is 12.2. The minimum atomic E-state index is -0.668. The monoisotopic (exact) mass is 449 g/mol. The third-order valence-corrected chi connectivity index (χ3v) is 4.42. The van der Waals surface area contributed by atoms with Crippen LogP contribution in [-0.2, 0) is 20.9 Å². The van der Waals surface area contributed by atoms with E-state index < -0.39 is 23.3 Å². The molecule has 1 heterocycles. The number of carbonyl (C=O) groups excluding carboxylic acids is 2. The van der Waals surface area contributed by atoms with E-state index in [1.54, 1.807) is 26.8 Å². The van der Waals surface area contributed by atoms with Crippen LogP contribution in [0, 0.1) is 0 Å². The Hall–Kier alpha value is -3.54. The van der Waals surface area contributed by atoms with Crippen LogP contribution in [0.15, 0.2) is 60.7 Å². The molecule has 0 unspecified atom stereocenters. The summed E-state index contributed by atoms with van der Waals surface area (Å²) in [6.07, 6.45) is 2.34. The lowest BCUT2D eigenvalue weighted by atomic mass is 10.2. The van der Waals surface area contributed by atoms with E-state index in [4.69, 9.17) is 14.2 Å². The van der Waals surface area contributed by atoms with Crippen LogP contribution < -0.4 is 4.74 Å². The van der Waals surface area contributed by atoms with Crippen molar-refractivity contribution in [1.82, 2.24) is 4.57 Å². The predicted octanol–water partition coefficient (Wildman–Crippen LogP) is 6.36. The lowest BCUT2D eigenvalue weighted by Gasteiger charge is -2.20. The fourth-order valence-electron chi connectivity index (χ4n) is 3.17. The molecule has 3 aromatic rings. The molecule has 3 rings (SSSR count). The Morgan fingerprint density at radius 2 is 1.55 bits per heavy atom. The van der Waals surface area contributed by atoms with Crippen molar-refractivity contribution in [3.05, 3.63) is 71.9 Å². The van der Waals surface area contributed by atoms with Crippen LogP contribution in [0.5, 0.6) is 5.75 Å². The first-order valence-corrected chi connectivity index (χ1v) is 10.9. The molecular formula is C27H31NO5. The van der Waals surface area contributed by atoms with Crippen molar-refractivity contribution in [2.75, 3.05) is 0 Å². The summed E-state index contributed by atoms with van der Waals surface area (Å²) < 4.78 is 18.3. The van der Waals surface area contributed by atoms with E-state index in [2.05, 4.69) is 0 Å². The molecule has 0 saturated carbocycles. The SMILES string of the molecule is CC(C)(C)OC(=O)/C=C/c1cc2cc(OCc3ccccc3)ccc2n1C(=O)OC(C)(C)C. The number of ether oxygens (including phenoxy) is 3. The number of carbonyl (C=O) groups is 2. The second-order valence-corrected chi connectivity index (χ2v) is 9.75. The standard InChI is InChI=1S/C27H31NO5/c1-26(2,3)32-24(29)15-12-21-16-20-17-22(31-18-19-10-8-7-9-11-19)13-14-23(20)28(21)25(30)33-27(4,5)6/h7-17H,18H2,1-6H3/b15-12+. The van der Waals surface area contributed by atoms with Gasteiger partial charge in [0.15, 0.2) is 0 Å². The van der Waals surface area contributed by atoms with Gasteiger partial charge < -0.3 is 14.2 Å². The molecule has 0 aliphatic carbocycles. The number of hydrogen-bond donors (Lipinski definition) is 0. The smallest absolute Gasteiger partial charge is 0.419 e. The van der Waals surface area contributed by atoms with Crippen LogP contribution in [0.4, 0.5) is 4.79 Å². The van der Waals surface area contributed by atoms with Crippen LogP contribution in [0.3, 0.4) is 0 Å². The first-order chi connectivity index (χ1) is 15.4. The van der Waals surface area contributed by atoms with Gasteiger partial charge in [-0.2, -0.15) is 0 Å². The molecule has 6 nitrogen and oxygen atoms in total. The van der Waals surface area contributed by atoms with Crippen LogP contribution in [0.1, 0.15) is 52.8 Å². The number of benzene rings is 2. The molecule has 0 spiro atoms. The van der Waals surface area contributed by atoms with E-state index in [9.17, 15) is 9.59 Å². The van der Waals surface area contributed by atoms with Gasteiger partial charge in [0.1, 0.15) is 23.6 Å². The van der Waals surface area contributed by atoms with Gasteiger partial charge in [-0.25, -0.2) is 14.2 Å². The number of fused-ring (bicyclic) bond motifs is 1. The Labute approximate surface area is 194 Å². The van der Waals surface area contributed by atoms with E-state index in [-0.39, 0.29) is 0 Å². The van der Waals surface area contributed by atoms with Gasteiger partial charge in [-0.15, -0.1) is 0 Å². The van der Waals surface area contributed by atoms with Gasteiger partial charge >= 0.3 is 12.1 Å². The summed E-state index contributed by atoms with van der Waals surface area (Å²) in [4.78, 5) is 25.2. The summed E-state index contributed by atoms with van der Waals surface area (Å²) >= 11 is 0. The van der Waals surface area contributed by atoms with Gasteiger partial charge in [-0.05, 0) is 77.4 Å². The average molecular weight is 450 g/mol. The average Bonchev–Trinajstić information content (AvgIpc) is 3.07. The van der Waals surface area contributed by atoms with Crippen molar-refractivity contribution < 1.29 is 23.8 Å². The fourth-order valence-corrected chi connectivity index (χ4v) is 3.17. The highest BCUT2D eigenvalue weighted by Crippen LogP contribution is 2.27. The first kappa shape index (κ1) is 24.1. The lowest BCUT2D eigenvalue weighted by molar-refractivity contribution is -0.148. The van der Waals surface area contributed by atoms with Gasteiger partial charge in [0.2, 0.25) is 0 Å². The zero-order valence-corrected chi connectivity index (χ0v) is 20.0. The van der Waals surface area contributed by atoms with E-state index in [1.165, 1.54) is 10.6 Å². The van der Waals surface area contributed by atoms with E-state index in [0.717, 1.165) is 10.9 Å².